The van der Waals surface area contributed by atoms with Crippen LogP contribution in [0.2, 0.25) is 6.04 Å². The molecular weight excluding hydrogens is 515 g/mol. The summed E-state index contributed by atoms with van der Waals surface area (Å²) in [5, 5.41) is 0. The predicted octanol–water partition coefficient (Wildman–Crippen LogP) is 9.49. The third kappa shape index (κ3) is 21.1. The van der Waals surface area contributed by atoms with Crippen LogP contribution in [-0.2, 0) is 13.3 Å². The van der Waals surface area contributed by atoms with Crippen LogP contribution in [0.25, 0.3) is 0 Å². The molecule has 0 rings (SSSR count). The lowest BCUT2D eigenvalue weighted by Crippen LogP contribution is -2.42. The molecule has 0 aromatic heterocycles. The minimum absolute atomic E-state index is 0.940. The van der Waals surface area contributed by atoms with Crippen molar-refractivity contribution in [3.05, 3.63) is 0 Å². The van der Waals surface area contributed by atoms with E-state index in [1.54, 1.807) is 21.3 Å². The Hall–Kier alpha value is 0.827. The normalized spacial score (nSPS) is 12.0. The van der Waals surface area contributed by atoms with Crippen LogP contribution >= 0.6 is 22.6 Å². The van der Waals surface area contributed by atoms with Crippen molar-refractivity contribution < 1.29 is 13.3 Å². The van der Waals surface area contributed by atoms with Gasteiger partial charge < -0.3 is 13.3 Å². The number of halogens is 1. The minimum atomic E-state index is -2.33. The Labute approximate surface area is 210 Å². The Morgan fingerprint density at radius 3 is 0.839 bits per heavy atom. The average Bonchev–Trinajstić information content (AvgIpc) is 2.80. The summed E-state index contributed by atoms with van der Waals surface area (Å²) in [4.78, 5) is 0. The van der Waals surface area contributed by atoms with E-state index in [2.05, 4.69) is 22.6 Å². The highest BCUT2D eigenvalue weighted by molar-refractivity contribution is 14.1. The fourth-order valence-corrected chi connectivity index (χ4v) is 6.69. The van der Waals surface area contributed by atoms with E-state index >= 15 is 0 Å². The Morgan fingerprint density at radius 1 is 0.387 bits per heavy atom. The van der Waals surface area contributed by atoms with Gasteiger partial charge in [0.1, 0.15) is 0 Å². The molecule has 0 spiro atoms. The van der Waals surface area contributed by atoms with E-state index in [1.807, 2.05) is 0 Å². The summed E-state index contributed by atoms with van der Waals surface area (Å²) < 4.78 is 17.8. The molecule has 0 bridgehead atoms. The van der Waals surface area contributed by atoms with Gasteiger partial charge in [0.25, 0.3) is 0 Å². The Balaban J connectivity index is 3.16. The molecule has 0 fully saturated rings. The largest absolute Gasteiger partial charge is 0.500 e. The van der Waals surface area contributed by atoms with Crippen molar-refractivity contribution in [2.45, 2.75) is 141 Å². The highest BCUT2D eigenvalue weighted by Crippen LogP contribution is 2.19. The summed E-state index contributed by atoms with van der Waals surface area (Å²) in [7, 11) is 2.78. The van der Waals surface area contributed by atoms with Crippen molar-refractivity contribution in [1.82, 2.24) is 0 Å². The molecule has 0 aliphatic carbocycles. The molecule has 0 unspecified atom stereocenters. The summed E-state index contributed by atoms with van der Waals surface area (Å²) in [5.74, 6) is 0. The molecule has 0 aromatic rings. The molecule has 3 nitrogen and oxygen atoms in total. The first-order valence-electron chi connectivity index (χ1n) is 13.5. The molecule has 0 N–H and O–H groups in total. The molecule has 0 aliphatic rings. The minimum Gasteiger partial charge on any atom is -0.377 e. The van der Waals surface area contributed by atoms with Gasteiger partial charge in [0.2, 0.25) is 0 Å². The highest BCUT2D eigenvalue weighted by atomic mass is 127. The summed E-state index contributed by atoms with van der Waals surface area (Å²) in [6.45, 7) is 0. The van der Waals surface area contributed by atoms with Gasteiger partial charge >= 0.3 is 8.80 Å². The lowest BCUT2D eigenvalue weighted by molar-refractivity contribution is 0.122. The van der Waals surface area contributed by atoms with Crippen molar-refractivity contribution >= 4 is 31.4 Å². The molecule has 0 saturated heterocycles. The smallest absolute Gasteiger partial charge is 0.377 e. The van der Waals surface area contributed by atoms with Crippen molar-refractivity contribution in [3.8, 4) is 0 Å². The van der Waals surface area contributed by atoms with Crippen LogP contribution < -0.4 is 0 Å². The van der Waals surface area contributed by atoms with Gasteiger partial charge in [-0.2, -0.15) is 0 Å². The molecule has 31 heavy (non-hydrogen) atoms. The summed E-state index contributed by atoms with van der Waals surface area (Å²) in [6.07, 6.45) is 29.8. The van der Waals surface area contributed by atoms with Gasteiger partial charge in [-0.3, -0.25) is 0 Å². The van der Waals surface area contributed by atoms with E-state index in [4.69, 9.17) is 13.3 Å². The van der Waals surface area contributed by atoms with Crippen LogP contribution in [0.3, 0.4) is 0 Å². The number of hydrogen-bond donors (Lipinski definition) is 0. The van der Waals surface area contributed by atoms with Crippen LogP contribution in [-0.4, -0.2) is 34.6 Å². The molecule has 0 radical (unpaired) electrons. The highest BCUT2D eigenvalue weighted by Gasteiger charge is 2.36. The van der Waals surface area contributed by atoms with E-state index in [0.29, 0.717) is 0 Å². The van der Waals surface area contributed by atoms with Crippen LogP contribution in [0.4, 0.5) is 0 Å². The molecule has 0 amide bonds. The first kappa shape index (κ1) is 31.8. The second-order valence-corrected chi connectivity index (χ2v) is 13.3. The van der Waals surface area contributed by atoms with E-state index in [9.17, 15) is 0 Å². The third-order valence-corrected chi connectivity index (χ3v) is 10.1. The van der Waals surface area contributed by atoms with Gasteiger partial charge in [0, 0.05) is 27.4 Å². The quantitative estimate of drug-likeness (QED) is 0.0449. The molecule has 0 aromatic carbocycles. The number of rotatable bonds is 26. The monoisotopic (exact) mass is 570 g/mol. The van der Waals surface area contributed by atoms with E-state index in [1.165, 1.54) is 133 Å². The van der Waals surface area contributed by atoms with Crippen LogP contribution in [0.1, 0.15) is 135 Å². The maximum Gasteiger partial charge on any atom is 0.500 e. The maximum atomic E-state index is 5.48. The number of hydrogen-bond acceptors (Lipinski definition) is 3. The first-order valence-corrected chi connectivity index (χ1v) is 16.9. The Bertz CT molecular complexity index is 332. The van der Waals surface area contributed by atoms with Gasteiger partial charge in [-0.25, -0.2) is 0 Å². The zero-order chi connectivity index (χ0) is 22.9. The molecule has 0 heterocycles. The molecule has 188 valence electrons. The Kier molecular flexibility index (Phi) is 26.1. The number of alkyl halides is 1. The lowest BCUT2D eigenvalue weighted by Gasteiger charge is -2.24. The zero-order valence-electron chi connectivity index (χ0n) is 21.4. The lowest BCUT2D eigenvalue weighted by atomic mass is 10.0. The van der Waals surface area contributed by atoms with Gasteiger partial charge in [-0.15, -0.1) is 0 Å². The fraction of sp³-hybridized carbons (Fsp3) is 1.00. The van der Waals surface area contributed by atoms with E-state index in [-0.39, 0.29) is 0 Å². The van der Waals surface area contributed by atoms with Crippen LogP contribution in [0.5, 0.6) is 0 Å². The van der Waals surface area contributed by atoms with Crippen molar-refractivity contribution in [1.29, 1.82) is 0 Å². The van der Waals surface area contributed by atoms with E-state index < -0.39 is 8.80 Å². The predicted molar refractivity (Wildman–Crippen MR) is 147 cm³/mol. The van der Waals surface area contributed by atoms with Crippen LogP contribution in [0.15, 0.2) is 0 Å². The average molecular weight is 571 g/mol. The van der Waals surface area contributed by atoms with Crippen molar-refractivity contribution in [2.24, 2.45) is 0 Å². The second-order valence-electron chi connectivity index (χ2n) is 9.16. The molecule has 0 aliphatic heterocycles. The Morgan fingerprint density at radius 2 is 0.613 bits per heavy atom. The molecule has 5 heteroatoms. The number of unbranched alkanes of at least 4 members (excludes halogenated alkanes) is 20. The van der Waals surface area contributed by atoms with Gasteiger partial charge in [-0.1, -0.05) is 145 Å². The summed E-state index contributed by atoms with van der Waals surface area (Å²) in [5.41, 5.74) is 0. The zero-order valence-corrected chi connectivity index (χ0v) is 24.5. The molecular formula is C26H55IO3Si. The second kappa shape index (κ2) is 25.4. The van der Waals surface area contributed by atoms with Crippen LogP contribution in [0, 0.1) is 0 Å². The van der Waals surface area contributed by atoms with Crippen molar-refractivity contribution in [2.75, 3.05) is 25.8 Å². The maximum absolute atomic E-state index is 5.48. The van der Waals surface area contributed by atoms with E-state index in [0.717, 1.165) is 12.5 Å². The van der Waals surface area contributed by atoms with Gasteiger partial charge in [0.15, 0.2) is 0 Å². The van der Waals surface area contributed by atoms with Gasteiger partial charge in [0.05, 0.1) is 0 Å². The SMILES string of the molecule is CO[Si](CCCCCCCCCCCCCCCCCCCCCCCI)(OC)OC. The topological polar surface area (TPSA) is 27.7 Å². The van der Waals surface area contributed by atoms with Crippen molar-refractivity contribution in [3.63, 3.8) is 0 Å². The summed E-state index contributed by atoms with van der Waals surface area (Å²) in [6, 6.07) is 0.940. The standard InChI is InChI=1S/C26H55IO3Si/c1-28-31(29-2,30-3)26-24-22-20-18-16-14-12-10-8-6-4-5-7-9-11-13-15-17-19-21-23-25-27/h4-26H2,1-3H3. The molecule has 0 atom stereocenters. The third-order valence-electron chi connectivity index (χ3n) is 6.55. The molecule has 0 saturated carbocycles. The van der Waals surface area contributed by atoms with Gasteiger partial charge in [-0.05, 0) is 17.3 Å². The first-order chi connectivity index (χ1) is 15.2. The fourth-order valence-electron chi connectivity index (χ4n) is 4.35. The summed E-state index contributed by atoms with van der Waals surface area (Å²) >= 11 is 2.49.